The maximum Gasteiger partial charge on any atom is 0.343 e. The number of nitrogens with two attached hydrogens (primary N) is 1. The van der Waals surface area contributed by atoms with Crippen LogP contribution in [-0.2, 0) is 4.74 Å². The molecule has 0 aromatic carbocycles. The van der Waals surface area contributed by atoms with Gasteiger partial charge in [0, 0.05) is 12.0 Å². The number of ketones is 1. The monoisotopic (exact) mass is 310 g/mol. The van der Waals surface area contributed by atoms with Crippen LogP contribution in [0.1, 0.15) is 59.6 Å². The zero-order chi connectivity index (χ0) is 15.6. The van der Waals surface area contributed by atoms with E-state index in [-0.39, 0.29) is 17.4 Å². The van der Waals surface area contributed by atoms with E-state index in [4.69, 9.17) is 10.5 Å². The van der Waals surface area contributed by atoms with Crippen LogP contribution < -0.4 is 11.1 Å². The van der Waals surface area contributed by atoms with Crippen molar-refractivity contribution >= 4 is 33.8 Å². The van der Waals surface area contributed by atoms with Crippen molar-refractivity contribution in [2.45, 2.75) is 45.6 Å². The van der Waals surface area contributed by atoms with Gasteiger partial charge < -0.3 is 15.8 Å². The van der Waals surface area contributed by atoms with Crippen LogP contribution in [0.25, 0.3) is 0 Å². The second kappa shape index (κ2) is 6.47. The SMILES string of the molecule is COC(=O)c1c(NC2CCCC2)sc(C(=O)C(C)C)c1N. The van der Waals surface area contributed by atoms with Crippen LogP contribution in [0.2, 0.25) is 0 Å². The molecule has 2 rings (SSSR count). The molecule has 1 aliphatic rings. The molecule has 1 fully saturated rings. The van der Waals surface area contributed by atoms with Gasteiger partial charge in [0.1, 0.15) is 10.6 Å². The number of hydrogen-bond acceptors (Lipinski definition) is 6. The Morgan fingerprint density at radius 2 is 1.95 bits per heavy atom. The summed E-state index contributed by atoms with van der Waals surface area (Å²) >= 11 is 1.27. The standard InChI is InChI=1S/C15H22N2O3S/c1-8(2)12(18)13-11(16)10(15(19)20-3)14(21-13)17-9-6-4-5-7-9/h8-9,17H,4-7,16H2,1-3H3. The van der Waals surface area contributed by atoms with Crippen molar-refractivity contribution in [3.8, 4) is 0 Å². The quantitative estimate of drug-likeness (QED) is 0.644. The van der Waals surface area contributed by atoms with Crippen molar-refractivity contribution < 1.29 is 14.3 Å². The van der Waals surface area contributed by atoms with Crippen LogP contribution in [0, 0.1) is 5.92 Å². The van der Waals surface area contributed by atoms with E-state index >= 15 is 0 Å². The number of thiophene rings is 1. The molecule has 1 aromatic rings. The Hall–Kier alpha value is -1.56. The van der Waals surface area contributed by atoms with E-state index in [1.807, 2.05) is 13.8 Å². The van der Waals surface area contributed by atoms with Gasteiger partial charge >= 0.3 is 5.97 Å². The lowest BCUT2D eigenvalue weighted by Crippen LogP contribution is -2.16. The molecule has 0 radical (unpaired) electrons. The van der Waals surface area contributed by atoms with Gasteiger partial charge in [0.2, 0.25) is 0 Å². The second-order valence-corrected chi connectivity index (χ2v) is 6.71. The number of anilines is 2. The second-order valence-electron chi connectivity index (χ2n) is 5.69. The highest BCUT2D eigenvalue weighted by molar-refractivity contribution is 7.19. The summed E-state index contributed by atoms with van der Waals surface area (Å²) < 4.78 is 4.81. The maximum atomic E-state index is 12.2. The number of nitrogens with one attached hydrogen (secondary N) is 1. The Kier molecular flexibility index (Phi) is 4.88. The minimum atomic E-state index is -0.493. The van der Waals surface area contributed by atoms with Gasteiger partial charge in [-0.25, -0.2) is 4.79 Å². The molecule has 1 heterocycles. The first-order valence-corrected chi connectivity index (χ1v) is 8.08. The number of nitrogen functional groups attached to an aromatic ring is 1. The summed E-state index contributed by atoms with van der Waals surface area (Å²) in [7, 11) is 1.32. The van der Waals surface area contributed by atoms with Crippen LogP contribution in [0.4, 0.5) is 10.7 Å². The Balaban J connectivity index is 2.38. The van der Waals surface area contributed by atoms with Gasteiger partial charge in [-0.3, -0.25) is 4.79 Å². The molecule has 1 aliphatic carbocycles. The average Bonchev–Trinajstić information content (AvgIpc) is 3.06. The summed E-state index contributed by atoms with van der Waals surface area (Å²) in [6, 6.07) is 0.341. The maximum absolute atomic E-state index is 12.2. The lowest BCUT2D eigenvalue weighted by atomic mass is 10.1. The van der Waals surface area contributed by atoms with E-state index in [9.17, 15) is 9.59 Å². The summed E-state index contributed by atoms with van der Waals surface area (Å²) in [5.74, 6) is -0.690. The van der Waals surface area contributed by atoms with Gasteiger partial charge in [-0.05, 0) is 12.8 Å². The molecule has 0 saturated heterocycles. The van der Waals surface area contributed by atoms with Crippen molar-refractivity contribution in [2.75, 3.05) is 18.2 Å². The molecule has 3 N–H and O–H groups in total. The molecule has 0 atom stereocenters. The van der Waals surface area contributed by atoms with E-state index in [1.54, 1.807) is 0 Å². The van der Waals surface area contributed by atoms with Gasteiger partial charge in [-0.2, -0.15) is 0 Å². The third-order valence-corrected chi connectivity index (χ3v) is 4.92. The third-order valence-electron chi connectivity index (χ3n) is 3.77. The van der Waals surface area contributed by atoms with Crippen LogP contribution in [-0.4, -0.2) is 24.9 Å². The van der Waals surface area contributed by atoms with E-state index < -0.39 is 5.97 Å². The Morgan fingerprint density at radius 1 is 1.33 bits per heavy atom. The van der Waals surface area contributed by atoms with Crippen LogP contribution in [0.5, 0.6) is 0 Å². The van der Waals surface area contributed by atoms with E-state index in [2.05, 4.69) is 5.32 Å². The van der Waals surface area contributed by atoms with Crippen LogP contribution >= 0.6 is 11.3 Å². The fraction of sp³-hybridized carbons (Fsp3) is 0.600. The number of carbonyl (C=O) groups is 2. The lowest BCUT2D eigenvalue weighted by Gasteiger charge is -2.12. The van der Waals surface area contributed by atoms with Crippen LogP contribution in [0.15, 0.2) is 0 Å². The number of methoxy groups -OCH3 is 1. The zero-order valence-electron chi connectivity index (χ0n) is 12.7. The highest BCUT2D eigenvalue weighted by Gasteiger charge is 2.28. The minimum Gasteiger partial charge on any atom is -0.465 e. The molecule has 21 heavy (non-hydrogen) atoms. The Labute approximate surface area is 128 Å². The normalized spacial score (nSPS) is 15.4. The van der Waals surface area contributed by atoms with Gasteiger partial charge in [-0.1, -0.05) is 26.7 Å². The van der Waals surface area contributed by atoms with Gasteiger partial charge in [0.25, 0.3) is 0 Å². The molecule has 6 heteroatoms. The Bertz CT molecular complexity index is 545. The number of carbonyl (C=O) groups excluding carboxylic acids is 2. The Morgan fingerprint density at radius 3 is 2.48 bits per heavy atom. The molecule has 0 amide bonds. The van der Waals surface area contributed by atoms with Crippen molar-refractivity contribution in [1.29, 1.82) is 0 Å². The molecule has 0 aliphatic heterocycles. The summed E-state index contributed by atoms with van der Waals surface area (Å²) in [6.07, 6.45) is 4.52. The number of hydrogen-bond donors (Lipinski definition) is 2. The van der Waals surface area contributed by atoms with Crippen molar-refractivity contribution in [1.82, 2.24) is 0 Å². The van der Waals surface area contributed by atoms with Gasteiger partial charge in [0.15, 0.2) is 5.78 Å². The largest absolute Gasteiger partial charge is 0.465 e. The van der Waals surface area contributed by atoms with Crippen molar-refractivity contribution in [3.63, 3.8) is 0 Å². The smallest absolute Gasteiger partial charge is 0.343 e. The number of Topliss-reactive ketones (excluding diaryl/α,β-unsaturated/α-hetero) is 1. The van der Waals surface area contributed by atoms with E-state index in [1.165, 1.54) is 31.3 Å². The summed E-state index contributed by atoms with van der Waals surface area (Å²) in [6.45, 7) is 3.65. The highest BCUT2D eigenvalue weighted by Crippen LogP contribution is 2.39. The van der Waals surface area contributed by atoms with Crippen molar-refractivity contribution in [2.24, 2.45) is 5.92 Å². The third kappa shape index (κ3) is 3.20. The molecular formula is C15H22N2O3S. The molecule has 1 aromatic heterocycles. The fourth-order valence-electron chi connectivity index (χ4n) is 2.55. The average molecular weight is 310 g/mol. The van der Waals surface area contributed by atoms with Crippen LogP contribution in [0.3, 0.4) is 0 Å². The highest BCUT2D eigenvalue weighted by atomic mass is 32.1. The van der Waals surface area contributed by atoms with Crippen molar-refractivity contribution in [3.05, 3.63) is 10.4 Å². The molecule has 116 valence electrons. The number of ether oxygens (including phenoxy) is 1. The summed E-state index contributed by atoms with van der Waals surface area (Å²) in [5, 5.41) is 4.03. The number of rotatable bonds is 5. The topological polar surface area (TPSA) is 81.4 Å². The fourth-order valence-corrected chi connectivity index (χ4v) is 3.82. The first kappa shape index (κ1) is 15.8. The zero-order valence-corrected chi connectivity index (χ0v) is 13.5. The van der Waals surface area contributed by atoms with E-state index in [0.717, 1.165) is 12.8 Å². The predicted molar refractivity (Wildman–Crippen MR) is 85.1 cm³/mol. The van der Waals surface area contributed by atoms with Gasteiger partial charge in [0.05, 0.1) is 17.7 Å². The molecule has 0 unspecified atom stereocenters. The number of esters is 1. The van der Waals surface area contributed by atoms with E-state index in [0.29, 0.717) is 21.5 Å². The molecule has 0 spiro atoms. The molecular weight excluding hydrogens is 288 g/mol. The first-order chi connectivity index (χ1) is 9.95. The van der Waals surface area contributed by atoms with Gasteiger partial charge in [-0.15, -0.1) is 11.3 Å². The minimum absolute atomic E-state index is 0.0397. The molecule has 5 nitrogen and oxygen atoms in total. The summed E-state index contributed by atoms with van der Waals surface area (Å²) in [5.41, 5.74) is 6.59. The molecule has 0 bridgehead atoms. The first-order valence-electron chi connectivity index (χ1n) is 7.27. The predicted octanol–water partition coefficient (Wildman–Crippen LogP) is 3.31. The molecule has 1 saturated carbocycles. The lowest BCUT2D eigenvalue weighted by molar-refractivity contribution is 0.0603. The summed E-state index contributed by atoms with van der Waals surface area (Å²) in [4.78, 5) is 24.7.